The molecule has 8 nitrogen and oxygen atoms in total. The predicted octanol–water partition coefficient (Wildman–Crippen LogP) is 0.264. The number of ether oxygens (including phenoxy) is 1. The lowest BCUT2D eigenvalue weighted by atomic mass is 10.2. The standard InChI is InChI=1S/C11H17N3O5/c1-3-4-8(11(16)17)13-9(15)5-18-6-10-12-7(2)14-19-10/h8H,3-6H2,1-2H3,(H,13,15)(H,16,17). The van der Waals surface area contributed by atoms with Crippen molar-refractivity contribution in [2.24, 2.45) is 0 Å². The number of aryl methyl sites for hydroxylation is 1. The van der Waals surface area contributed by atoms with Crippen LogP contribution in [0.5, 0.6) is 0 Å². The van der Waals surface area contributed by atoms with Crippen molar-refractivity contribution in [3.05, 3.63) is 11.7 Å². The normalized spacial score (nSPS) is 12.1. The van der Waals surface area contributed by atoms with Gasteiger partial charge in [-0.05, 0) is 13.3 Å². The molecule has 1 heterocycles. The molecular weight excluding hydrogens is 254 g/mol. The van der Waals surface area contributed by atoms with Crippen LogP contribution in [0, 0.1) is 6.92 Å². The van der Waals surface area contributed by atoms with Gasteiger partial charge in [-0.25, -0.2) is 4.79 Å². The van der Waals surface area contributed by atoms with Gasteiger partial charge in [-0.3, -0.25) is 4.79 Å². The zero-order chi connectivity index (χ0) is 14.3. The van der Waals surface area contributed by atoms with Gasteiger partial charge in [0.25, 0.3) is 5.89 Å². The fraction of sp³-hybridized carbons (Fsp3) is 0.636. The Morgan fingerprint density at radius 1 is 1.53 bits per heavy atom. The Kier molecular flexibility index (Phi) is 5.94. The van der Waals surface area contributed by atoms with Gasteiger partial charge in [-0.15, -0.1) is 0 Å². The quantitative estimate of drug-likeness (QED) is 0.697. The molecule has 0 saturated carbocycles. The van der Waals surface area contributed by atoms with Crippen LogP contribution >= 0.6 is 0 Å². The number of rotatable bonds is 8. The van der Waals surface area contributed by atoms with Crippen LogP contribution in [0.3, 0.4) is 0 Å². The van der Waals surface area contributed by atoms with Gasteiger partial charge >= 0.3 is 5.97 Å². The minimum Gasteiger partial charge on any atom is -0.480 e. The molecule has 2 N–H and O–H groups in total. The van der Waals surface area contributed by atoms with E-state index < -0.39 is 17.9 Å². The third-order valence-electron chi connectivity index (χ3n) is 2.24. The molecule has 0 aromatic carbocycles. The number of amides is 1. The number of nitrogens with one attached hydrogen (secondary N) is 1. The highest BCUT2D eigenvalue weighted by Crippen LogP contribution is 1.99. The zero-order valence-electron chi connectivity index (χ0n) is 10.9. The second-order valence-electron chi connectivity index (χ2n) is 3.98. The number of carbonyl (C=O) groups is 2. The number of aromatic nitrogens is 2. The van der Waals surface area contributed by atoms with Crippen molar-refractivity contribution in [3.8, 4) is 0 Å². The molecule has 0 spiro atoms. The summed E-state index contributed by atoms with van der Waals surface area (Å²) in [6.45, 7) is 3.27. The molecule has 1 amide bonds. The van der Waals surface area contributed by atoms with Crippen LogP contribution in [0.25, 0.3) is 0 Å². The Labute approximate surface area is 110 Å². The summed E-state index contributed by atoms with van der Waals surface area (Å²) in [4.78, 5) is 26.2. The van der Waals surface area contributed by atoms with E-state index in [1.165, 1.54) is 0 Å². The summed E-state index contributed by atoms with van der Waals surface area (Å²) in [5, 5.41) is 14.8. The summed E-state index contributed by atoms with van der Waals surface area (Å²) in [7, 11) is 0. The first kappa shape index (κ1) is 15.1. The van der Waals surface area contributed by atoms with Crippen molar-refractivity contribution in [2.45, 2.75) is 39.3 Å². The summed E-state index contributed by atoms with van der Waals surface area (Å²) >= 11 is 0. The van der Waals surface area contributed by atoms with Gasteiger partial charge in [-0.1, -0.05) is 18.5 Å². The third-order valence-corrected chi connectivity index (χ3v) is 2.24. The lowest BCUT2D eigenvalue weighted by Crippen LogP contribution is -2.42. The monoisotopic (exact) mass is 271 g/mol. The van der Waals surface area contributed by atoms with Crippen molar-refractivity contribution in [2.75, 3.05) is 6.61 Å². The van der Waals surface area contributed by atoms with Crippen molar-refractivity contribution >= 4 is 11.9 Å². The molecule has 0 saturated heterocycles. The lowest BCUT2D eigenvalue weighted by Gasteiger charge is -2.13. The van der Waals surface area contributed by atoms with E-state index in [1.54, 1.807) is 6.92 Å². The number of carbonyl (C=O) groups excluding carboxylic acids is 1. The summed E-state index contributed by atoms with van der Waals surface area (Å²) in [6.07, 6.45) is 1.04. The van der Waals surface area contributed by atoms with E-state index in [0.29, 0.717) is 18.7 Å². The van der Waals surface area contributed by atoms with Crippen LogP contribution < -0.4 is 5.32 Å². The molecule has 0 bridgehead atoms. The second kappa shape index (κ2) is 7.47. The number of carboxylic acid groups (broad SMARTS) is 1. The molecule has 1 unspecified atom stereocenters. The van der Waals surface area contributed by atoms with E-state index in [9.17, 15) is 9.59 Å². The molecule has 1 rings (SSSR count). The van der Waals surface area contributed by atoms with Crippen LogP contribution in [0.15, 0.2) is 4.52 Å². The zero-order valence-corrected chi connectivity index (χ0v) is 10.9. The highest BCUT2D eigenvalue weighted by atomic mass is 16.5. The largest absolute Gasteiger partial charge is 0.480 e. The number of aliphatic carboxylic acids is 1. The van der Waals surface area contributed by atoms with Crippen LogP contribution in [-0.4, -0.2) is 39.8 Å². The Bertz CT molecular complexity index is 432. The van der Waals surface area contributed by atoms with E-state index in [4.69, 9.17) is 14.4 Å². The molecular formula is C11H17N3O5. The van der Waals surface area contributed by atoms with Crippen molar-refractivity contribution in [3.63, 3.8) is 0 Å². The molecule has 8 heteroatoms. The van der Waals surface area contributed by atoms with Gasteiger partial charge in [0.05, 0.1) is 0 Å². The van der Waals surface area contributed by atoms with Gasteiger partial charge in [0.1, 0.15) is 19.3 Å². The fourth-order valence-corrected chi connectivity index (χ4v) is 1.41. The van der Waals surface area contributed by atoms with Crippen molar-refractivity contribution in [1.82, 2.24) is 15.5 Å². The van der Waals surface area contributed by atoms with Gasteiger partial charge in [-0.2, -0.15) is 4.98 Å². The number of nitrogens with zero attached hydrogens (tertiary/aromatic N) is 2. The Morgan fingerprint density at radius 3 is 2.79 bits per heavy atom. The molecule has 0 aliphatic carbocycles. The van der Waals surface area contributed by atoms with E-state index in [-0.39, 0.29) is 19.1 Å². The van der Waals surface area contributed by atoms with Crippen molar-refractivity contribution in [1.29, 1.82) is 0 Å². The first-order chi connectivity index (χ1) is 9.02. The van der Waals surface area contributed by atoms with Gasteiger partial charge in [0.2, 0.25) is 5.91 Å². The second-order valence-corrected chi connectivity index (χ2v) is 3.98. The molecule has 0 radical (unpaired) electrons. The number of hydrogen-bond donors (Lipinski definition) is 2. The SMILES string of the molecule is CCCC(NC(=O)COCc1nc(C)no1)C(=O)O. The van der Waals surface area contributed by atoms with E-state index in [2.05, 4.69) is 15.5 Å². The van der Waals surface area contributed by atoms with Gasteiger partial charge in [0.15, 0.2) is 5.82 Å². The topological polar surface area (TPSA) is 115 Å². The summed E-state index contributed by atoms with van der Waals surface area (Å²) in [5.74, 6) is -0.787. The molecule has 0 aliphatic rings. The van der Waals surface area contributed by atoms with Crippen molar-refractivity contribution < 1.29 is 24.0 Å². The maximum absolute atomic E-state index is 11.5. The highest BCUT2D eigenvalue weighted by Gasteiger charge is 2.18. The molecule has 19 heavy (non-hydrogen) atoms. The Morgan fingerprint density at radius 2 is 2.26 bits per heavy atom. The minimum atomic E-state index is -1.05. The minimum absolute atomic E-state index is 0.0137. The Hall–Kier alpha value is -1.96. The first-order valence-electron chi connectivity index (χ1n) is 5.92. The highest BCUT2D eigenvalue weighted by molar-refractivity contribution is 5.84. The van der Waals surface area contributed by atoms with Crippen LogP contribution in [0.4, 0.5) is 0 Å². The smallest absolute Gasteiger partial charge is 0.326 e. The molecule has 1 atom stereocenters. The summed E-state index contributed by atoms with van der Waals surface area (Å²) < 4.78 is 9.84. The van der Waals surface area contributed by atoms with E-state index in [1.807, 2.05) is 6.92 Å². The summed E-state index contributed by atoms with van der Waals surface area (Å²) in [5.41, 5.74) is 0. The number of hydrogen-bond acceptors (Lipinski definition) is 6. The summed E-state index contributed by atoms with van der Waals surface area (Å²) in [6, 6.07) is -0.883. The first-order valence-corrected chi connectivity index (χ1v) is 5.92. The average molecular weight is 271 g/mol. The molecule has 0 fully saturated rings. The van der Waals surface area contributed by atoms with E-state index in [0.717, 1.165) is 0 Å². The van der Waals surface area contributed by atoms with Crippen LogP contribution in [0.2, 0.25) is 0 Å². The number of carboxylic acids is 1. The molecule has 1 aromatic heterocycles. The molecule has 0 aliphatic heterocycles. The average Bonchev–Trinajstić information content (AvgIpc) is 2.74. The fourth-order valence-electron chi connectivity index (χ4n) is 1.41. The predicted molar refractivity (Wildman–Crippen MR) is 63.2 cm³/mol. The maximum atomic E-state index is 11.5. The lowest BCUT2D eigenvalue weighted by molar-refractivity contribution is -0.142. The molecule has 1 aromatic rings. The van der Waals surface area contributed by atoms with Crippen LogP contribution in [-0.2, 0) is 20.9 Å². The van der Waals surface area contributed by atoms with Gasteiger partial charge < -0.3 is 19.7 Å². The maximum Gasteiger partial charge on any atom is 0.326 e. The van der Waals surface area contributed by atoms with Crippen LogP contribution in [0.1, 0.15) is 31.5 Å². The van der Waals surface area contributed by atoms with E-state index >= 15 is 0 Å². The third kappa shape index (κ3) is 5.47. The Balaban J connectivity index is 2.28. The molecule has 106 valence electrons. The van der Waals surface area contributed by atoms with Gasteiger partial charge in [0, 0.05) is 0 Å².